The first-order chi connectivity index (χ1) is 6.61. The first kappa shape index (κ1) is 9.21. The van der Waals surface area contributed by atoms with E-state index in [1.54, 1.807) is 10.5 Å². The van der Waals surface area contributed by atoms with Gasteiger partial charge in [0.25, 0.3) is 0 Å². The number of aryl methyl sites for hydroxylation is 1. The molecule has 0 fully saturated rings. The fourth-order valence-corrected chi connectivity index (χ4v) is 1.66. The molecule has 0 aliphatic heterocycles. The lowest BCUT2D eigenvalue weighted by atomic mass is 10.3. The van der Waals surface area contributed by atoms with Crippen LogP contribution in [-0.4, -0.2) is 20.5 Å². The minimum Gasteiger partial charge on any atom is -0.476 e. The predicted octanol–water partition coefficient (Wildman–Crippen LogP) is 2.10. The zero-order chi connectivity index (χ0) is 10.3. The van der Waals surface area contributed by atoms with Gasteiger partial charge in [-0.3, -0.25) is 0 Å². The zero-order valence-electron chi connectivity index (χ0n) is 7.36. The van der Waals surface area contributed by atoms with Crippen molar-refractivity contribution in [3.8, 4) is 0 Å². The maximum atomic E-state index is 10.8. The number of pyridine rings is 1. The van der Waals surface area contributed by atoms with Crippen LogP contribution in [0.15, 0.2) is 22.9 Å². The van der Waals surface area contributed by atoms with Gasteiger partial charge in [0.05, 0.1) is 5.52 Å². The van der Waals surface area contributed by atoms with Crippen LogP contribution in [0.2, 0.25) is 0 Å². The molecule has 0 saturated heterocycles. The van der Waals surface area contributed by atoms with Crippen molar-refractivity contribution in [2.75, 3.05) is 0 Å². The van der Waals surface area contributed by atoms with Gasteiger partial charge in [-0.25, -0.2) is 9.78 Å². The molecule has 14 heavy (non-hydrogen) atoms. The standard InChI is InChI=1S/C9H7BrN2O2/c1-5-6(10)2-3-7-8(9(13)14)11-4-12(5)7/h2-4H,1H3,(H,13,14). The van der Waals surface area contributed by atoms with Gasteiger partial charge in [0, 0.05) is 10.2 Å². The molecule has 0 unspecified atom stereocenters. The van der Waals surface area contributed by atoms with Crippen molar-refractivity contribution in [2.24, 2.45) is 0 Å². The normalized spacial score (nSPS) is 10.7. The van der Waals surface area contributed by atoms with Crippen LogP contribution in [-0.2, 0) is 0 Å². The fourth-order valence-electron chi connectivity index (χ4n) is 1.34. The van der Waals surface area contributed by atoms with Crippen molar-refractivity contribution in [1.82, 2.24) is 9.38 Å². The Bertz CT molecular complexity index is 519. The van der Waals surface area contributed by atoms with Gasteiger partial charge in [-0.1, -0.05) is 0 Å². The van der Waals surface area contributed by atoms with Crippen molar-refractivity contribution < 1.29 is 9.90 Å². The van der Waals surface area contributed by atoms with Gasteiger partial charge in [-0.2, -0.15) is 0 Å². The van der Waals surface area contributed by atoms with Crippen LogP contribution in [0.1, 0.15) is 16.2 Å². The molecule has 0 spiro atoms. The number of carboxylic acid groups (broad SMARTS) is 1. The van der Waals surface area contributed by atoms with Crippen LogP contribution >= 0.6 is 15.9 Å². The molecule has 0 aliphatic rings. The van der Waals surface area contributed by atoms with Gasteiger partial charge >= 0.3 is 5.97 Å². The minimum absolute atomic E-state index is 0.0839. The summed E-state index contributed by atoms with van der Waals surface area (Å²) in [4.78, 5) is 14.6. The molecular formula is C9H7BrN2O2. The monoisotopic (exact) mass is 254 g/mol. The first-order valence-electron chi connectivity index (χ1n) is 3.96. The highest BCUT2D eigenvalue weighted by Crippen LogP contribution is 2.19. The summed E-state index contributed by atoms with van der Waals surface area (Å²) in [5, 5.41) is 8.84. The Morgan fingerprint density at radius 1 is 1.57 bits per heavy atom. The van der Waals surface area contributed by atoms with Crippen LogP contribution < -0.4 is 0 Å². The van der Waals surface area contributed by atoms with Crippen LogP contribution in [0.4, 0.5) is 0 Å². The molecule has 72 valence electrons. The number of imidazole rings is 1. The number of halogens is 1. The van der Waals surface area contributed by atoms with E-state index in [1.165, 1.54) is 6.33 Å². The third-order valence-electron chi connectivity index (χ3n) is 2.10. The van der Waals surface area contributed by atoms with Gasteiger partial charge in [-0.05, 0) is 35.0 Å². The molecule has 4 nitrogen and oxygen atoms in total. The number of hydrogen-bond acceptors (Lipinski definition) is 2. The van der Waals surface area contributed by atoms with E-state index >= 15 is 0 Å². The summed E-state index contributed by atoms with van der Waals surface area (Å²) in [5.41, 5.74) is 1.63. The lowest BCUT2D eigenvalue weighted by Crippen LogP contribution is -1.98. The lowest BCUT2D eigenvalue weighted by molar-refractivity contribution is 0.0693. The van der Waals surface area contributed by atoms with Gasteiger partial charge in [0.1, 0.15) is 6.33 Å². The third kappa shape index (κ3) is 1.21. The molecule has 2 rings (SSSR count). The van der Waals surface area contributed by atoms with Gasteiger partial charge in [-0.15, -0.1) is 0 Å². The van der Waals surface area contributed by atoms with Gasteiger partial charge in [0.2, 0.25) is 0 Å². The molecule has 0 aliphatic carbocycles. The van der Waals surface area contributed by atoms with Crippen LogP contribution in [0, 0.1) is 6.92 Å². The summed E-state index contributed by atoms with van der Waals surface area (Å²) in [6.07, 6.45) is 1.51. The number of nitrogens with zero attached hydrogens (tertiary/aromatic N) is 2. The van der Waals surface area contributed by atoms with Crippen molar-refractivity contribution in [2.45, 2.75) is 6.92 Å². The molecule has 5 heteroatoms. The second-order valence-corrected chi connectivity index (χ2v) is 3.77. The minimum atomic E-state index is -1.01. The van der Waals surface area contributed by atoms with Crippen LogP contribution in [0.25, 0.3) is 5.52 Å². The molecule has 2 aromatic heterocycles. The molecule has 0 bridgehead atoms. The lowest BCUT2D eigenvalue weighted by Gasteiger charge is -2.01. The average Bonchev–Trinajstić information content (AvgIpc) is 2.55. The number of aromatic carboxylic acids is 1. The van der Waals surface area contributed by atoms with E-state index in [0.717, 1.165) is 10.2 Å². The molecule has 0 radical (unpaired) electrons. The van der Waals surface area contributed by atoms with Crippen LogP contribution in [0.5, 0.6) is 0 Å². The third-order valence-corrected chi connectivity index (χ3v) is 2.94. The molecule has 0 saturated carbocycles. The Morgan fingerprint density at radius 2 is 2.29 bits per heavy atom. The van der Waals surface area contributed by atoms with E-state index in [1.807, 2.05) is 13.0 Å². The molecular weight excluding hydrogens is 248 g/mol. The Hall–Kier alpha value is -1.36. The highest BCUT2D eigenvalue weighted by molar-refractivity contribution is 9.10. The number of aromatic nitrogens is 2. The second-order valence-electron chi connectivity index (χ2n) is 2.92. The summed E-state index contributed by atoms with van der Waals surface area (Å²) in [6.45, 7) is 1.89. The maximum absolute atomic E-state index is 10.8. The quantitative estimate of drug-likeness (QED) is 0.848. The van der Waals surface area contributed by atoms with E-state index in [4.69, 9.17) is 5.11 Å². The van der Waals surface area contributed by atoms with E-state index in [0.29, 0.717) is 5.52 Å². The fraction of sp³-hybridized carbons (Fsp3) is 0.111. The molecule has 2 heterocycles. The Balaban J connectivity index is 2.83. The maximum Gasteiger partial charge on any atom is 0.356 e. The molecule has 0 atom stereocenters. The van der Waals surface area contributed by atoms with E-state index in [2.05, 4.69) is 20.9 Å². The van der Waals surface area contributed by atoms with Crippen molar-refractivity contribution >= 4 is 27.4 Å². The van der Waals surface area contributed by atoms with Gasteiger partial charge in [0.15, 0.2) is 5.69 Å². The number of fused-ring (bicyclic) bond motifs is 1. The number of carboxylic acids is 1. The highest BCUT2D eigenvalue weighted by Gasteiger charge is 2.12. The Labute approximate surface area is 88.3 Å². The van der Waals surface area contributed by atoms with Crippen molar-refractivity contribution in [3.63, 3.8) is 0 Å². The summed E-state index contributed by atoms with van der Waals surface area (Å²) >= 11 is 3.37. The summed E-state index contributed by atoms with van der Waals surface area (Å²) in [7, 11) is 0. The van der Waals surface area contributed by atoms with E-state index < -0.39 is 5.97 Å². The molecule has 2 aromatic rings. The van der Waals surface area contributed by atoms with Crippen LogP contribution in [0.3, 0.4) is 0 Å². The smallest absolute Gasteiger partial charge is 0.356 e. The number of hydrogen-bond donors (Lipinski definition) is 1. The topological polar surface area (TPSA) is 54.6 Å². The molecule has 0 amide bonds. The summed E-state index contributed by atoms with van der Waals surface area (Å²) in [5.74, 6) is -1.01. The Morgan fingerprint density at radius 3 is 2.93 bits per heavy atom. The number of rotatable bonds is 1. The number of carbonyl (C=O) groups is 1. The molecule has 0 aromatic carbocycles. The van der Waals surface area contributed by atoms with E-state index in [-0.39, 0.29) is 5.69 Å². The zero-order valence-corrected chi connectivity index (χ0v) is 8.95. The SMILES string of the molecule is Cc1c(Br)ccc2c(C(=O)O)ncn12. The Kier molecular flexibility index (Phi) is 2.03. The average molecular weight is 255 g/mol. The largest absolute Gasteiger partial charge is 0.476 e. The second kappa shape index (κ2) is 3.09. The van der Waals surface area contributed by atoms with Crippen molar-refractivity contribution in [1.29, 1.82) is 0 Å². The van der Waals surface area contributed by atoms with Gasteiger partial charge < -0.3 is 9.51 Å². The summed E-state index contributed by atoms with van der Waals surface area (Å²) < 4.78 is 2.67. The van der Waals surface area contributed by atoms with Crippen molar-refractivity contribution in [3.05, 3.63) is 34.3 Å². The first-order valence-corrected chi connectivity index (χ1v) is 4.76. The summed E-state index contributed by atoms with van der Waals surface area (Å²) in [6, 6.07) is 3.55. The predicted molar refractivity (Wildman–Crippen MR) is 54.6 cm³/mol. The highest BCUT2D eigenvalue weighted by atomic mass is 79.9. The van der Waals surface area contributed by atoms with E-state index in [9.17, 15) is 4.79 Å². The molecule has 1 N–H and O–H groups in total.